The standard InChI is InChI=1S/C31H64O6Si2/c1-21(2)39(22(3)4,23(5)6)37-25-18-26(30(14,15)20-34-38(16,17)29(11,12)13)35-31(33,19-25)24(7)27(32)36-28(8,9)10/h21-26,33H,18-20H2,1-17H3/t24-,25+,26+,31-/m0/s1. The van der Waals surface area contributed by atoms with Crippen molar-refractivity contribution in [1.29, 1.82) is 0 Å². The summed E-state index contributed by atoms with van der Waals surface area (Å²) in [6.45, 7) is 36.9. The van der Waals surface area contributed by atoms with E-state index < -0.39 is 45.3 Å². The smallest absolute Gasteiger partial charge is 0.314 e. The van der Waals surface area contributed by atoms with Crippen LogP contribution in [0.2, 0.25) is 34.8 Å². The molecule has 8 heteroatoms. The van der Waals surface area contributed by atoms with Crippen molar-refractivity contribution < 1.29 is 28.2 Å². The Kier molecular flexibility index (Phi) is 11.8. The van der Waals surface area contributed by atoms with Crippen LogP contribution < -0.4 is 0 Å². The van der Waals surface area contributed by atoms with Crippen LogP contribution in [0.25, 0.3) is 0 Å². The minimum atomic E-state index is -2.25. The lowest BCUT2D eigenvalue weighted by Crippen LogP contribution is -2.60. The third-order valence-electron chi connectivity index (χ3n) is 9.34. The highest BCUT2D eigenvalue weighted by Gasteiger charge is 2.55. The number of esters is 1. The van der Waals surface area contributed by atoms with Crippen LogP contribution in [0, 0.1) is 11.3 Å². The van der Waals surface area contributed by atoms with Gasteiger partial charge >= 0.3 is 5.97 Å². The molecule has 0 aromatic heterocycles. The third-order valence-corrected chi connectivity index (χ3v) is 20.0. The molecule has 0 spiro atoms. The van der Waals surface area contributed by atoms with Gasteiger partial charge in [0.1, 0.15) is 11.5 Å². The van der Waals surface area contributed by atoms with Crippen LogP contribution in [0.4, 0.5) is 0 Å². The van der Waals surface area contributed by atoms with Crippen LogP contribution >= 0.6 is 0 Å². The average molecular weight is 589 g/mol. The lowest BCUT2D eigenvalue weighted by atomic mass is 9.79. The first-order valence-electron chi connectivity index (χ1n) is 15.2. The van der Waals surface area contributed by atoms with Gasteiger partial charge in [-0.25, -0.2) is 0 Å². The molecule has 232 valence electrons. The molecule has 0 saturated carbocycles. The molecule has 1 N–H and O–H groups in total. The van der Waals surface area contributed by atoms with E-state index in [0.29, 0.717) is 29.7 Å². The Labute approximate surface area is 243 Å². The number of ether oxygens (including phenoxy) is 2. The van der Waals surface area contributed by atoms with Gasteiger partial charge in [-0.15, -0.1) is 0 Å². The fourth-order valence-corrected chi connectivity index (χ4v) is 12.5. The molecule has 1 aliphatic rings. The van der Waals surface area contributed by atoms with Gasteiger partial charge in [0, 0.05) is 18.4 Å². The average Bonchev–Trinajstić information content (AvgIpc) is 2.72. The summed E-state index contributed by atoms with van der Waals surface area (Å²) in [6.07, 6.45) is 0.306. The minimum absolute atomic E-state index is 0.0884. The summed E-state index contributed by atoms with van der Waals surface area (Å²) in [5.41, 5.74) is 0.161. The molecule has 1 heterocycles. The maximum atomic E-state index is 13.2. The van der Waals surface area contributed by atoms with E-state index in [-0.39, 0.29) is 23.7 Å². The van der Waals surface area contributed by atoms with E-state index >= 15 is 0 Å². The van der Waals surface area contributed by atoms with Crippen molar-refractivity contribution in [2.75, 3.05) is 6.61 Å². The van der Waals surface area contributed by atoms with Gasteiger partial charge < -0.3 is 23.4 Å². The van der Waals surface area contributed by atoms with Crippen LogP contribution in [-0.2, 0) is 23.1 Å². The van der Waals surface area contributed by atoms with E-state index in [2.05, 4.69) is 89.3 Å². The molecule has 6 nitrogen and oxygen atoms in total. The summed E-state index contributed by atoms with van der Waals surface area (Å²) in [6, 6.07) is 0. The Hall–Kier alpha value is -0.256. The highest BCUT2D eigenvalue weighted by atomic mass is 28.4. The van der Waals surface area contributed by atoms with Crippen molar-refractivity contribution in [3.8, 4) is 0 Å². The molecule has 0 bridgehead atoms. The highest BCUT2D eigenvalue weighted by molar-refractivity contribution is 6.77. The number of carbonyl (C=O) groups excluding carboxylic acids is 1. The van der Waals surface area contributed by atoms with Gasteiger partial charge in [0.2, 0.25) is 8.32 Å². The second-order valence-corrected chi connectivity index (χ2v) is 26.5. The second kappa shape index (κ2) is 12.5. The molecule has 0 amide bonds. The SMILES string of the molecule is CC(C)[Si](O[C@@H]1C[C@H](C(C)(C)CO[Si](C)(C)C(C)(C)C)O[C@](O)([C@@H](C)C(=O)OC(C)(C)C)C1)(C(C)C)C(C)C. The number of rotatable bonds is 11. The van der Waals surface area contributed by atoms with E-state index in [1.807, 2.05) is 20.8 Å². The second-order valence-electron chi connectivity index (χ2n) is 16.2. The highest BCUT2D eigenvalue weighted by Crippen LogP contribution is 2.48. The van der Waals surface area contributed by atoms with Crippen LogP contribution in [0.5, 0.6) is 0 Å². The first kappa shape index (κ1) is 36.8. The molecule has 0 aliphatic carbocycles. The van der Waals surface area contributed by atoms with Crippen LogP contribution in [0.1, 0.15) is 117 Å². The van der Waals surface area contributed by atoms with Gasteiger partial charge in [0.25, 0.3) is 0 Å². The largest absolute Gasteiger partial charge is 0.460 e. The molecule has 1 aliphatic heterocycles. The predicted octanol–water partition coefficient (Wildman–Crippen LogP) is 8.44. The van der Waals surface area contributed by atoms with Gasteiger partial charge in [0.15, 0.2) is 14.1 Å². The maximum absolute atomic E-state index is 13.2. The minimum Gasteiger partial charge on any atom is -0.460 e. The van der Waals surface area contributed by atoms with E-state index in [1.165, 1.54) is 0 Å². The van der Waals surface area contributed by atoms with Crippen molar-refractivity contribution >= 4 is 22.6 Å². The van der Waals surface area contributed by atoms with Crippen molar-refractivity contribution in [1.82, 2.24) is 0 Å². The fraction of sp³-hybridized carbons (Fsp3) is 0.968. The molecule has 0 radical (unpaired) electrons. The Morgan fingerprint density at radius 3 is 1.77 bits per heavy atom. The number of carbonyl (C=O) groups is 1. The molecule has 4 atom stereocenters. The van der Waals surface area contributed by atoms with Gasteiger partial charge in [-0.2, -0.15) is 0 Å². The zero-order valence-corrected chi connectivity index (χ0v) is 30.6. The Morgan fingerprint density at radius 1 is 0.923 bits per heavy atom. The van der Waals surface area contributed by atoms with Gasteiger partial charge in [-0.05, 0) is 68.9 Å². The molecule has 1 fully saturated rings. The first-order chi connectivity index (χ1) is 17.2. The summed E-state index contributed by atoms with van der Waals surface area (Å²) >= 11 is 0. The first-order valence-corrected chi connectivity index (χ1v) is 20.2. The van der Waals surface area contributed by atoms with E-state index in [4.69, 9.17) is 18.3 Å². The normalized spacial score (nSPS) is 24.9. The molecular weight excluding hydrogens is 525 g/mol. The van der Waals surface area contributed by atoms with E-state index in [1.54, 1.807) is 6.92 Å². The summed E-state index contributed by atoms with van der Waals surface area (Å²) in [5, 5.41) is 12.1. The summed E-state index contributed by atoms with van der Waals surface area (Å²) in [5.74, 6) is -3.02. The zero-order valence-electron chi connectivity index (χ0n) is 28.6. The zero-order chi connectivity index (χ0) is 31.0. The van der Waals surface area contributed by atoms with Crippen molar-refractivity contribution in [2.45, 2.75) is 175 Å². The van der Waals surface area contributed by atoms with Gasteiger partial charge in [-0.3, -0.25) is 4.79 Å². The monoisotopic (exact) mass is 588 g/mol. The molecule has 0 aromatic rings. The van der Waals surface area contributed by atoms with Crippen molar-refractivity contribution in [3.63, 3.8) is 0 Å². The fourth-order valence-electron chi connectivity index (χ4n) is 5.79. The summed E-state index contributed by atoms with van der Waals surface area (Å²) < 4.78 is 26.1. The number of hydrogen-bond acceptors (Lipinski definition) is 6. The lowest BCUT2D eigenvalue weighted by Gasteiger charge is -2.52. The molecule has 0 unspecified atom stereocenters. The molecular formula is C31H64O6Si2. The van der Waals surface area contributed by atoms with Crippen molar-refractivity contribution in [2.24, 2.45) is 11.3 Å². The van der Waals surface area contributed by atoms with Crippen LogP contribution in [-0.4, -0.2) is 57.9 Å². The number of aliphatic hydroxyl groups is 1. The van der Waals surface area contributed by atoms with Crippen LogP contribution in [0.15, 0.2) is 0 Å². The van der Waals surface area contributed by atoms with Gasteiger partial charge in [0.05, 0.1) is 12.2 Å². The Morgan fingerprint density at radius 2 is 1.38 bits per heavy atom. The Balaban J connectivity index is 3.48. The van der Waals surface area contributed by atoms with E-state index in [9.17, 15) is 9.90 Å². The molecule has 0 aromatic carbocycles. The summed E-state index contributed by atoms with van der Waals surface area (Å²) in [7, 11) is -4.24. The third kappa shape index (κ3) is 8.87. The quantitative estimate of drug-likeness (QED) is 0.193. The molecule has 39 heavy (non-hydrogen) atoms. The summed E-state index contributed by atoms with van der Waals surface area (Å²) in [4.78, 5) is 13.2. The number of hydrogen-bond donors (Lipinski definition) is 1. The lowest BCUT2D eigenvalue weighted by molar-refractivity contribution is -0.310. The Bertz CT molecular complexity index is 787. The van der Waals surface area contributed by atoms with E-state index in [0.717, 1.165) is 0 Å². The maximum Gasteiger partial charge on any atom is 0.314 e. The van der Waals surface area contributed by atoms with Gasteiger partial charge in [-0.1, -0.05) is 76.2 Å². The molecule has 1 saturated heterocycles. The topological polar surface area (TPSA) is 74.2 Å². The van der Waals surface area contributed by atoms with Crippen molar-refractivity contribution in [3.05, 3.63) is 0 Å². The molecule has 1 rings (SSSR count). The van der Waals surface area contributed by atoms with Crippen LogP contribution in [0.3, 0.4) is 0 Å². The predicted molar refractivity (Wildman–Crippen MR) is 167 cm³/mol.